The number of hydrogen-bond donors (Lipinski definition) is 1. The number of quaternary nitrogens is 1. The predicted octanol–water partition coefficient (Wildman–Crippen LogP) is -0.614. The molecule has 0 atom stereocenters. The molecule has 0 saturated heterocycles. The van der Waals surface area contributed by atoms with Crippen LogP contribution in [-0.4, -0.2) is 37.2 Å². The Morgan fingerprint density at radius 1 is 0.867 bits per heavy atom. The molecule has 0 unspecified atom stereocenters. The van der Waals surface area contributed by atoms with Crippen LogP contribution in [0.15, 0.2) is 0 Å². The van der Waals surface area contributed by atoms with Crippen molar-refractivity contribution in [3.63, 3.8) is 0 Å². The molecule has 15 heavy (non-hydrogen) atoms. The fourth-order valence-electron chi connectivity index (χ4n) is 2.09. The first-order valence-corrected chi connectivity index (χ1v) is 6.29. The van der Waals surface area contributed by atoms with Gasteiger partial charge in [-0.15, -0.1) is 0 Å². The van der Waals surface area contributed by atoms with Crippen LogP contribution >= 0.6 is 0 Å². The largest absolute Gasteiger partial charge is 1.00 e. The van der Waals surface area contributed by atoms with Gasteiger partial charge in [0.05, 0.1) is 26.2 Å². The van der Waals surface area contributed by atoms with Crippen molar-refractivity contribution in [3.8, 4) is 0 Å². The van der Waals surface area contributed by atoms with Gasteiger partial charge >= 0.3 is 0 Å². The molecule has 0 aliphatic rings. The normalized spacial score (nSPS) is 11.2. The molecular formula is C12H29ClN2. The predicted molar refractivity (Wildman–Crippen MR) is 64.3 cm³/mol. The molecule has 3 heteroatoms. The number of nitrogens with zero attached hydrogens (tertiary/aromatic N) is 1. The van der Waals surface area contributed by atoms with Gasteiger partial charge in [-0.25, -0.2) is 0 Å². The molecule has 0 aromatic rings. The molecule has 0 saturated carbocycles. The highest BCUT2D eigenvalue weighted by Gasteiger charge is 2.21. The molecule has 2 N–H and O–H groups in total. The van der Waals surface area contributed by atoms with Crippen LogP contribution in [0.25, 0.3) is 0 Å². The maximum atomic E-state index is 5.59. The molecule has 0 aromatic carbocycles. The Bertz CT molecular complexity index is 125. The van der Waals surface area contributed by atoms with Crippen LogP contribution in [-0.2, 0) is 0 Å². The van der Waals surface area contributed by atoms with Crippen molar-refractivity contribution in [3.05, 3.63) is 0 Å². The Balaban J connectivity index is 0. The fraction of sp³-hybridized carbons (Fsp3) is 1.00. The lowest BCUT2D eigenvalue weighted by Gasteiger charge is -2.37. The Hall–Kier alpha value is 0.210. The molecule has 0 aromatic heterocycles. The molecule has 0 amide bonds. The van der Waals surface area contributed by atoms with E-state index in [1.54, 1.807) is 0 Å². The first kappa shape index (κ1) is 17.6. The second kappa shape index (κ2) is 10.7. The first-order valence-electron chi connectivity index (χ1n) is 6.29. The Morgan fingerprint density at radius 2 is 1.40 bits per heavy atom. The summed E-state index contributed by atoms with van der Waals surface area (Å²) < 4.78 is 1.27. The SMILES string of the molecule is CCCCC[N+](CC)(CC)CCCN.[Cl-]. The van der Waals surface area contributed by atoms with Gasteiger partial charge in [0.2, 0.25) is 0 Å². The smallest absolute Gasteiger partial charge is 0.0798 e. The number of nitrogens with two attached hydrogens (primary N) is 1. The van der Waals surface area contributed by atoms with E-state index in [1.807, 2.05) is 0 Å². The number of unbranched alkanes of at least 4 members (excludes halogenated alkanes) is 2. The summed E-state index contributed by atoms with van der Waals surface area (Å²) in [6.07, 6.45) is 5.25. The molecule has 0 fully saturated rings. The van der Waals surface area contributed by atoms with E-state index in [1.165, 1.54) is 56.3 Å². The summed E-state index contributed by atoms with van der Waals surface area (Å²) in [6, 6.07) is 0. The zero-order valence-electron chi connectivity index (χ0n) is 10.8. The van der Waals surface area contributed by atoms with Gasteiger partial charge in [0, 0.05) is 6.42 Å². The summed E-state index contributed by atoms with van der Waals surface area (Å²) in [5.74, 6) is 0. The minimum atomic E-state index is 0. The second-order valence-electron chi connectivity index (χ2n) is 4.27. The maximum Gasteiger partial charge on any atom is 0.0798 e. The lowest BCUT2D eigenvalue weighted by Crippen LogP contribution is -3.00. The van der Waals surface area contributed by atoms with Crippen LogP contribution in [0.2, 0.25) is 0 Å². The van der Waals surface area contributed by atoms with E-state index in [-0.39, 0.29) is 12.4 Å². The minimum Gasteiger partial charge on any atom is -1.00 e. The van der Waals surface area contributed by atoms with Gasteiger partial charge in [-0.05, 0) is 33.2 Å². The average Bonchev–Trinajstić information content (AvgIpc) is 2.24. The summed E-state index contributed by atoms with van der Waals surface area (Å²) in [6.45, 7) is 12.9. The van der Waals surface area contributed by atoms with E-state index in [0.717, 1.165) is 6.54 Å². The van der Waals surface area contributed by atoms with E-state index in [0.29, 0.717) is 0 Å². The summed E-state index contributed by atoms with van der Waals surface area (Å²) >= 11 is 0. The maximum absolute atomic E-state index is 5.59. The van der Waals surface area contributed by atoms with E-state index in [9.17, 15) is 0 Å². The van der Waals surface area contributed by atoms with Crippen molar-refractivity contribution in [2.24, 2.45) is 5.73 Å². The van der Waals surface area contributed by atoms with Crippen LogP contribution < -0.4 is 18.1 Å². The summed E-state index contributed by atoms with van der Waals surface area (Å²) in [7, 11) is 0. The lowest BCUT2D eigenvalue weighted by molar-refractivity contribution is -0.925. The zero-order chi connectivity index (χ0) is 10.9. The third-order valence-corrected chi connectivity index (χ3v) is 3.41. The van der Waals surface area contributed by atoms with Crippen molar-refractivity contribution in [2.45, 2.75) is 46.5 Å². The molecule has 0 heterocycles. The third-order valence-electron chi connectivity index (χ3n) is 3.41. The van der Waals surface area contributed by atoms with Crippen molar-refractivity contribution < 1.29 is 16.9 Å². The molecule has 0 radical (unpaired) electrons. The second-order valence-corrected chi connectivity index (χ2v) is 4.27. The topological polar surface area (TPSA) is 26.0 Å². The number of hydrogen-bond acceptors (Lipinski definition) is 1. The quantitative estimate of drug-likeness (QED) is 0.420. The van der Waals surface area contributed by atoms with Gasteiger partial charge in [-0.1, -0.05) is 13.3 Å². The molecule has 0 spiro atoms. The standard InChI is InChI=1S/C12H29N2.ClH/c1-4-7-8-11-14(5-2,6-3)12-9-10-13;/h4-13H2,1-3H3;1H/q+1;/p-1. The number of rotatable bonds is 9. The van der Waals surface area contributed by atoms with Crippen LogP contribution in [0.3, 0.4) is 0 Å². The number of halogens is 1. The highest BCUT2D eigenvalue weighted by molar-refractivity contribution is 4.45. The van der Waals surface area contributed by atoms with Gasteiger partial charge in [0.1, 0.15) is 0 Å². The molecule has 0 bridgehead atoms. The van der Waals surface area contributed by atoms with Gasteiger partial charge in [-0.3, -0.25) is 0 Å². The van der Waals surface area contributed by atoms with E-state index < -0.39 is 0 Å². The van der Waals surface area contributed by atoms with E-state index in [2.05, 4.69) is 20.8 Å². The molecular weight excluding hydrogens is 208 g/mol. The monoisotopic (exact) mass is 236 g/mol. The van der Waals surface area contributed by atoms with Crippen molar-refractivity contribution in [1.82, 2.24) is 0 Å². The summed E-state index contributed by atoms with van der Waals surface area (Å²) in [5.41, 5.74) is 5.59. The highest BCUT2D eigenvalue weighted by atomic mass is 35.5. The third kappa shape index (κ3) is 7.15. The zero-order valence-corrected chi connectivity index (χ0v) is 11.5. The fourth-order valence-corrected chi connectivity index (χ4v) is 2.09. The van der Waals surface area contributed by atoms with Gasteiger partial charge < -0.3 is 22.6 Å². The van der Waals surface area contributed by atoms with Crippen molar-refractivity contribution in [2.75, 3.05) is 32.7 Å². The Labute approximate surface area is 102 Å². The molecule has 0 rings (SSSR count). The van der Waals surface area contributed by atoms with Gasteiger partial charge in [0.25, 0.3) is 0 Å². The van der Waals surface area contributed by atoms with Gasteiger partial charge in [0.15, 0.2) is 0 Å². The first-order chi connectivity index (χ1) is 6.74. The molecule has 0 aliphatic heterocycles. The van der Waals surface area contributed by atoms with Crippen LogP contribution in [0, 0.1) is 0 Å². The Morgan fingerprint density at radius 3 is 1.80 bits per heavy atom. The Kier molecular flexibility index (Phi) is 12.6. The molecule has 0 aliphatic carbocycles. The summed E-state index contributed by atoms with van der Waals surface area (Å²) in [5, 5.41) is 0. The van der Waals surface area contributed by atoms with E-state index >= 15 is 0 Å². The molecule has 2 nitrogen and oxygen atoms in total. The van der Waals surface area contributed by atoms with Gasteiger partial charge in [-0.2, -0.15) is 0 Å². The van der Waals surface area contributed by atoms with Crippen molar-refractivity contribution in [1.29, 1.82) is 0 Å². The highest BCUT2D eigenvalue weighted by Crippen LogP contribution is 2.10. The summed E-state index contributed by atoms with van der Waals surface area (Å²) in [4.78, 5) is 0. The lowest BCUT2D eigenvalue weighted by atomic mass is 10.2. The molecule has 94 valence electrons. The van der Waals surface area contributed by atoms with Crippen LogP contribution in [0.4, 0.5) is 0 Å². The van der Waals surface area contributed by atoms with E-state index in [4.69, 9.17) is 5.73 Å². The van der Waals surface area contributed by atoms with Crippen LogP contribution in [0.5, 0.6) is 0 Å². The van der Waals surface area contributed by atoms with Crippen molar-refractivity contribution >= 4 is 0 Å². The minimum absolute atomic E-state index is 0. The average molecular weight is 237 g/mol. The van der Waals surface area contributed by atoms with Crippen LogP contribution in [0.1, 0.15) is 46.5 Å².